The first-order chi connectivity index (χ1) is 14.6. The van der Waals surface area contributed by atoms with Gasteiger partial charge in [0.05, 0.1) is 6.10 Å². The summed E-state index contributed by atoms with van der Waals surface area (Å²) in [6.45, 7) is 3.82. The maximum absolute atomic E-state index is 6.11. The van der Waals surface area contributed by atoms with Crippen molar-refractivity contribution in [2.24, 2.45) is 0 Å². The standard InChI is InChI=1S/C21H22N8O/c1-14(2)30-21-25-17(23-15-9-5-3-6-10-15)13-18(26-21)29-19(22)27-20(28-29)24-16-11-7-4-8-12-16/h3-14H,1-2H3,(H,23,25,26)(H3,22,24,27,28). The predicted octanol–water partition coefficient (Wildman–Crippen LogP) is 3.91. The highest BCUT2D eigenvalue weighted by atomic mass is 16.5. The second-order valence-electron chi connectivity index (χ2n) is 6.75. The number of benzene rings is 2. The van der Waals surface area contributed by atoms with Gasteiger partial charge in [0.1, 0.15) is 5.82 Å². The SMILES string of the molecule is CC(C)Oc1nc(Nc2ccccc2)cc(-n2nc(Nc3ccccc3)nc2N)n1. The maximum atomic E-state index is 6.11. The largest absolute Gasteiger partial charge is 0.461 e. The number of ether oxygens (including phenoxy) is 1. The molecule has 0 spiro atoms. The first-order valence-electron chi connectivity index (χ1n) is 9.49. The molecule has 0 fully saturated rings. The summed E-state index contributed by atoms with van der Waals surface area (Å²) in [6, 6.07) is 21.3. The number of para-hydroxylation sites is 2. The highest BCUT2D eigenvalue weighted by Crippen LogP contribution is 2.22. The van der Waals surface area contributed by atoms with E-state index in [9.17, 15) is 0 Å². The molecule has 9 heteroatoms. The molecule has 0 atom stereocenters. The maximum Gasteiger partial charge on any atom is 0.320 e. The van der Waals surface area contributed by atoms with Crippen LogP contribution in [-0.2, 0) is 0 Å². The van der Waals surface area contributed by atoms with Crippen LogP contribution in [0.4, 0.5) is 29.1 Å². The van der Waals surface area contributed by atoms with Crippen molar-refractivity contribution in [3.8, 4) is 11.8 Å². The van der Waals surface area contributed by atoms with Crippen LogP contribution in [0, 0.1) is 0 Å². The van der Waals surface area contributed by atoms with Crippen LogP contribution in [0.5, 0.6) is 6.01 Å². The number of nitrogens with zero attached hydrogens (tertiary/aromatic N) is 5. The zero-order chi connectivity index (χ0) is 20.9. The molecule has 0 saturated heterocycles. The van der Waals surface area contributed by atoms with Crippen LogP contribution in [-0.4, -0.2) is 30.8 Å². The molecule has 0 saturated carbocycles. The van der Waals surface area contributed by atoms with Crippen LogP contribution in [0.3, 0.4) is 0 Å². The van der Waals surface area contributed by atoms with Gasteiger partial charge in [-0.2, -0.15) is 19.6 Å². The van der Waals surface area contributed by atoms with E-state index in [0.717, 1.165) is 11.4 Å². The number of aromatic nitrogens is 5. The van der Waals surface area contributed by atoms with Gasteiger partial charge in [0.25, 0.3) is 0 Å². The Bertz CT molecular complexity index is 1110. The average Bonchev–Trinajstić information content (AvgIpc) is 3.09. The predicted molar refractivity (Wildman–Crippen MR) is 117 cm³/mol. The Labute approximate surface area is 174 Å². The molecule has 0 aliphatic heterocycles. The van der Waals surface area contributed by atoms with Crippen LogP contribution in [0.25, 0.3) is 5.82 Å². The Morgan fingerprint density at radius 1 is 0.867 bits per heavy atom. The van der Waals surface area contributed by atoms with E-state index in [4.69, 9.17) is 10.5 Å². The van der Waals surface area contributed by atoms with E-state index >= 15 is 0 Å². The summed E-state index contributed by atoms with van der Waals surface area (Å²) < 4.78 is 7.16. The van der Waals surface area contributed by atoms with Gasteiger partial charge < -0.3 is 21.1 Å². The summed E-state index contributed by atoms with van der Waals surface area (Å²) in [7, 11) is 0. The smallest absolute Gasteiger partial charge is 0.320 e. The van der Waals surface area contributed by atoms with Crippen molar-refractivity contribution in [3.05, 3.63) is 66.7 Å². The second kappa shape index (κ2) is 8.48. The number of nitrogens with two attached hydrogens (primary N) is 1. The summed E-state index contributed by atoms with van der Waals surface area (Å²) in [4.78, 5) is 13.2. The third-order valence-electron chi connectivity index (χ3n) is 3.96. The molecule has 0 unspecified atom stereocenters. The number of hydrogen-bond donors (Lipinski definition) is 3. The van der Waals surface area contributed by atoms with Crippen LogP contribution in [0.2, 0.25) is 0 Å². The van der Waals surface area contributed by atoms with Gasteiger partial charge in [0.15, 0.2) is 5.82 Å². The molecule has 0 aliphatic rings. The average molecular weight is 402 g/mol. The molecule has 2 aromatic heterocycles. The lowest BCUT2D eigenvalue weighted by Crippen LogP contribution is -2.12. The third-order valence-corrected chi connectivity index (χ3v) is 3.96. The Kier molecular flexibility index (Phi) is 5.42. The number of hydrogen-bond acceptors (Lipinski definition) is 8. The van der Waals surface area contributed by atoms with Gasteiger partial charge in [-0.1, -0.05) is 36.4 Å². The van der Waals surface area contributed by atoms with E-state index in [0.29, 0.717) is 17.6 Å². The van der Waals surface area contributed by atoms with Gasteiger partial charge in [0.2, 0.25) is 11.9 Å². The molecule has 4 rings (SSSR count). The van der Waals surface area contributed by atoms with E-state index in [-0.39, 0.29) is 18.1 Å². The molecule has 0 radical (unpaired) electrons. The fourth-order valence-electron chi connectivity index (χ4n) is 2.71. The zero-order valence-electron chi connectivity index (χ0n) is 16.6. The summed E-state index contributed by atoms with van der Waals surface area (Å²) in [6.07, 6.45) is -0.0896. The van der Waals surface area contributed by atoms with Gasteiger partial charge in [-0.3, -0.25) is 0 Å². The molecule has 152 valence electrons. The summed E-state index contributed by atoms with van der Waals surface area (Å²) in [5.41, 5.74) is 7.85. The van der Waals surface area contributed by atoms with Crippen LogP contribution >= 0.6 is 0 Å². The summed E-state index contributed by atoms with van der Waals surface area (Å²) >= 11 is 0. The molecular formula is C21H22N8O. The molecule has 4 aromatic rings. The Hall–Kier alpha value is -4.14. The molecule has 4 N–H and O–H groups in total. The van der Waals surface area contributed by atoms with Crippen molar-refractivity contribution in [1.82, 2.24) is 24.7 Å². The van der Waals surface area contributed by atoms with Crippen molar-refractivity contribution < 1.29 is 4.74 Å². The van der Waals surface area contributed by atoms with E-state index in [1.165, 1.54) is 4.68 Å². The van der Waals surface area contributed by atoms with E-state index in [1.807, 2.05) is 74.5 Å². The highest BCUT2D eigenvalue weighted by Gasteiger charge is 2.15. The van der Waals surface area contributed by atoms with E-state index in [2.05, 4.69) is 30.7 Å². The van der Waals surface area contributed by atoms with E-state index < -0.39 is 0 Å². The monoisotopic (exact) mass is 402 g/mol. The normalized spacial score (nSPS) is 10.8. The minimum atomic E-state index is -0.0896. The first-order valence-corrected chi connectivity index (χ1v) is 9.49. The van der Waals surface area contributed by atoms with Gasteiger partial charge in [-0.05, 0) is 38.1 Å². The molecule has 2 heterocycles. The topological polar surface area (TPSA) is 116 Å². The summed E-state index contributed by atoms with van der Waals surface area (Å²) in [5.74, 6) is 1.54. The molecule has 0 bridgehead atoms. The van der Waals surface area contributed by atoms with Crippen molar-refractivity contribution in [1.29, 1.82) is 0 Å². The van der Waals surface area contributed by atoms with Gasteiger partial charge in [-0.15, -0.1) is 5.10 Å². The minimum Gasteiger partial charge on any atom is -0.461 e. The van der Waals surface area contributed by atoms with Crippen LogP contribution in [0.15, 0.2) is 66.7 Å². The summed E-state index contributed by atoms with van der Waals surface area (Å²) in [5, 5.41) is 10.8. The lowest BCUT2D eigenvalue weighted by molar-refractivity contribution is 0.222. The lowest BCUT2D eigenvalue weighted by atomic mass is 10.3. The molecule has 0 aliphatic carbocycles. The Morgan fingerprint density at radius 3 is 2.13 bits per heavy atom. The van der Waals surface area contributed by atoms with Gasteiger partial charge in [-0.25, -0.2) is 0 Å². The number of nitrogens with one attached hydrogen (secondary N) is 2. The van der Waals surface area contributed by atoms with E-state index in [1.54, 1.807) is 6.07 Å². The van der Waals surface area contributed by atoms with Gasteiger partial charge in [0, 0.05) is 17.4 Å². The molecule has 2 aromatic carbocycles. The molecule has 9 nitrogen and oxygen atoms in total. The van der Waals surface area contributed by atoms with Crippen LogP contribution in [0.1, 0.15) is 13.8 Å². The fraction of sp³-hybridized carbons (Fsp3) is 0.143. The van der Waals surface area contributed by atoms with Crippen molar-refractivity contribution in [2.75, 3.05) is 16.4 Å². The van der Waals surface area contributed by atoms with Crippen molar-refractivity contribution in [2.45, 2.75) is 20.0 Å². The number of nitrogen functional groups attached to an aromatic ring is 1. The highest BCUT2D eigenvalue weighted by molar-refractivity contribution is 5.59. The first kappa shape index (κ1) is 19.2. The molecule has 30 heavy (non-hydrogen) atoms. The quantitative estimate of drug-likeness (QED) is 0.426. The lowest BCUT2D eigenvalue weighted by Gasteiger charge is -2.12. The Balaban J connectivity index is 1.67. The number of anilines is 5. The van der Waals surface area contributed by atoms with Crippen molar-refractivity contribution >= 4 is 29.1 Å². The number of rotatable bonds is 7. The van der Waals surface area contributed by atoms with Crippen molar-refractivity contribution in [3.63, 3.8) is 0 Å². The van der Waals surface area contributed by atoms with Gasteiger partial charge >= 0.3 is 6.01 Å². The molecular weight excluding hydrogens is 380 g/mol. The molecule has 0 amide bonds. The zero-order valence-corrected chi connectivity index (χ0v) is 16.6. The Morgan fingerprint density at radius 2 is 1.50 bits per heavy atom. The fourth-order valence-corrected chi connectivity index (χ4v) is 2.71. The minimum absolute atomic E-state index is 0.0896. The van der Waals surface area contributed by atoms with Crippen LogP contribution < -0.4 is 21.1 Å². The second-order valence-corrected chi connectivity index (χ2v) is 6.75. The third kappa shape index (κ3) is 4.64.